The van der Waals surface area contributed by atoms with E-state index in [-0.39, 0.29) is 23.7 Å². The molecule has 23 heavy (non-hydrogen) atoms. The minimum Gasteiger partial charge on any atom is -0.504 e. The van der Waals surface area contributed by atoms with E-state index < -0.39 is 0 Å². The molecule has 3 rings (SSSR count). The minimum atomic E-state index is -0.134. The Morgan fingerprint density at radius 3 is 2.74 bits per heavy atom. The first-order chi connectivity index (χ1) is 11.2. The fourth-order valence-electron chi connectivity index (χ4n) is 3.91. The van der Waals surface area contributed by atoms with Gasteiger partial charge in [-0.05, 0) is 30.4 Å². The number of phenolic OH excluding ortho intramolecular Hbond substituents is 2. The monoisotopic (exact) mass is 315 g/mol. The van der Waals surface area contributed by atoms with Crippen molar-refractivity contribution in [3.63, 3.8) is 0 Å². The lowest BCUT2D eigenvalue weighted by molar-refractivity contribution is -0.0623. The van der Waals surface area contributed by atoms with E-state index in [9.17, 15) is 10.2 Å². The number of phenols is 2. The van der Waals surface area contributed by atoms with Crippen LogP contribution >= 0.6 is 0 Å². The average molecular weight is 315 g/mol. The van der Waals surface area contributed by atoms with Gasteiger partial charge < -0.3 is 20.3 Å². The zero-order valence-corrected chi connectivity index (χ0v) is 13.4. The summed E-state index contributed by atoms with van der Waals surface area (Å²) in [5, 5.41) is 23.3. The van der Waals surface area contributed by atoms with Crippen LogP contribution in [0.4, 0.5) is 0 Å². The number of benzene rings is 1. The molecule has 0 radical (unpaired) electrons. The highest BCUT2D eigenvalue weighted by atomic mass is 16.5. The molecule has 1 aliphatic heterocycles. The summed E-state index contributed by atoms with van der Waals surface area (Å²) in [6, 6.07) is 3.39. The number of rotatable bonds is 4. The van der Waals surface area contributed by atoms with Crippen LogP contribution in [0.5, 0.6) is 11.5 Å². The predicted molar refractivity (Wildman–Crippen MR) is 89.4 cm³/mol. The van der Waals surface area contributed by atoms with Crippen molar-refractivity contribution in [2.45, 2.75) is 50.7 Å². The predicted octanol–water partition coefficient (Wildman–Crippen LogP) is 2.88. The molecule has 1 aliphatic carbocycles. The van der Waals surface area contributed by atoms with Gasteiger partial charge in [-0.2, -0.15) is 0 Å². The Bertz CT molecular complexity index is 587. The number of nitrogens with one attached hydrogen (secondary N) is 1. The number of hydrogen-bond donors (Lipinski definition) is 3. The van der Waals surface area contributed by atoms with Crippen LogP contribution in [0, 0.1) is 18.3 Å². The smallest absolute Gasteiger partial charge is 0.161 e. The number of ether oxygens (including phenoxy) is 1. The molecular formula is C19H25NO3. The second-order valence-corrected chi connectivity index (χ2v) is 6.60. The fraction of sp³-hybridized carbons (Fsp3) is 0.579. The lowest BCUT2D eigenvalue weighted by Gasteiger charge is -2.38. The van der Waals surface area contributed by atoms with Crippen molar-refractivity contribution in [2.24, 2.45) is 5.92 Å². The van der Waals surface area contributed by atoms with Crippen LogP contribution in [0.2, 0.25) is 0 Å². The van der Waals surface area contributed by atoms with Crippen LogP contribution in [-0.2, 0) is 11.2 Å². The van der Waals surface area contributed by atoms with Gasteiger partial charge >= 0.3 is 0 Å². The third kappa shape index (κ3) is 3.46. The van der Waals surface area contributed by atoms with E-state index in [4.69, 9.17) is 11.2 Å². The molecule has 1 heterocycles. The Morgan fingerprint density at radius 1 is 1.22 bits per heavy atom. The highest BCUT2D eigenvalue weighted by Gasteiger charge is 2.34. The number of fused-ring (bicyclic) bond motifs is 1. The number of terminal acetylenes is 1. The van der Waals surface area contributed by atoms with Crippen molar-refractivity contribution < 1.29 is 14.9 Å². The summed E-state index contributed by atoms with van der Waals surface area (Å²) in [4.78, 5) is 0. The number of hydrogen-bond acceptors (Lipinski definition) is 4. The van der Waals surface area contributed by atoms with Gasteiger partial charge in [-0.3, -0.25) is 0 Å². The molecule has 0 saturated heterocycles. The fourth-order valence-corrected chi connectivity index (χ4v) is 3.91. The number of aromatic hydroxyl groups is 2. The van der Waals surface area contributed by atoms with E-state index in [0.29, 0.717) is 25.4 Å². The largest absolute Gasteiger partial charge is 0.504 e. The molecule has 1 fully saturated rings. The van der Waals surface area contributed by atoms with Gasteiger partial charge in [-0.25, -0.2) is 0 Å². The quantitative estimate of drug-likeness (QED) is 0.454. The summed E-state index contributed by atoms with van der Waals surface area (Å²) in [6.45, 7) is 1.11. The van der Waals surface area contributed by atoms with Gasteiger partial charge in [-0.15, -0.1) is 6.42 Å². The standard InChI is InChI=1S/C19H25NO3/c1-2-10-20-12-18-14-8-9-16(21)19(22)15(14)11-17(23-18)13-6-4-3-5-7-13/h1,8-9,13,17-18,20-22H,3-7,10-12H2/t17-,18-/m0/s1. The van der Waals surface area contributed by atoms with Crippen molar-refractivity contribution in [2.75, 3.05) is 13.1 Å². The second kappa shape index (κ2) is 7.25. The first-order valence-corrected chi connectivity index (χ1v) is 8.54. The molecule has 2 aliphatic rings. The van der Waals surface area contributed by atoms with Crippen molar-refractivity contribution in [3.8, 4) is 23.8 Å². The summed E-state index contributed by atoms with van der Waals surface area (Å²) in [7, 11) is 0. The van der Waals surface area contributed by atoms with Gasteiger partial charge in [0.25, 0.3) is 0 Å². The summed E-state index contributed by atoms with van der Waals surface area (Å²) in [6.07, 6.45) is 12.1. The van der Waals surface area contributed by atoms with Gasteiger partial charge in [0, 0.05) is 18.5 Å². The summed E-state index contributed by atoms with van der Waals surface area (Å²) in [5.74, 6) is 3.06. The van der Waals surface area contributed by atoms with E-state index in [1.54, 1.807) is 0 Å². The lowest BCUT2D eigenvalue weighted by atomic mass is 9.80. The lowest BCUT2D eigenvalue weighted by Crippen LogP contribution is -2.37. The molecule has 0 amide bonds. The van der Waals surface area contributed by atoms with Crippen LogP contribution in [0.1, 0.15) is 49.3 Å². The molecule has 0 unspecified atom stereocenters. The minimum absolute atomic E-state index is 0.00793. The summed E-state index contributed by atoms with van der Waals surface area (Å²) < 4.78 is 6.37. The van der Waals surface area contributed by atoms with Gasteiger partial charge in [0.1, 0.15) is 0 Å². The molecule has 0 bridgehead atoms. The Kier molecular flexibility index (Phi) is 5.09. The molecule has 0 aromatic heterocycles. The van der Waals surface area contributed by atoms with E-state index in [1.165, 1.54) is 38.2 Å². The highest BCUT2D eigenvalue weighted by molar-refractivity contribution is 5.51. The van der Waals surface area contributed by atoms with Crippen molar-refractivity contribution in [1.82, 2.24) is 5.32 Å². The van der Waals surface area contributed by atoms with Gasteiger partial charge in [0.15, 0.2) is 11.5 Å². The van der Waals surface area contributed by atoms with Crippen LogP contribution in [0.3, 0.4) is 0 Å². The van der Waals surface area contributed by atoms with Gasteiger partial charge in [-0.1, -0.05) is 31.2 Å². The highest BCUT2D eigenvalue weighted by Crippen LogP contribution is 2.43. The molecule has 1 saturated carbocycles. The maximum absolute atomic E-state index is 10.3. The first-order valence-electron chi connectivity index (χ1n) is 8.54. The van der Waals surface area contributed by atoms with Crippen molar-refractivity contribution in [1.29, 1.82) is 0 Å². The van der Waals surface area contributed by atoms with Gasteiger partial charge in [0.05, 0.1) is 18.8 Å². The van der Waals surface area contributed by atoms with E-state index in [2.05, 4.69) is 11.2 Å². The Hall–Kier alpha value is -1.70. The Morgan fingerprint density at radius 2 is 2.00 bits per heavy atom. The zero-order chi connectivity index (χ0) is 16.2. The van der Waals surface area contributed by atoms with E-state index >= 15 is 0 Å². The maximum Gasteiger partial charge on any atom is 0.161 e. The van der Waals surface area contributed by atoms with Crippen molar-refractivity contribution >= 4 is 0 Å². The molecule has 0 spiro atoms. The molecular weight excluding hydrogens is 290 g/mol. The molecule has 124 valence electrons. The Balaban J connectivity index is 1.84. The van der Waals surface area contributed by atoms with Crippen LogP contribution in [0.15, 0.2) is 12.1 Å². The van der Waals surface area contributed by atoms with Crippen molar-refractivity contribution in [3.05, 3.63) is 23.3 Å². The SMILES string of the molecule is C#CCNC[C@@H]1O[C@H](C2CCCCC2)Cc2c1ccc(O)c2O. The van der Waals surface area contributed by atoms with Crippen LogP contribution in [-0.4, -0.2) is 29.4 Å². The first kappa shape index (κ1) is 16.2. The zero-order valence-electron chi connectivity index (χ0n) is 13.4. The van der Waals surface area contributed by atoms with Crippen LogP contribution < -0.4 is 5.32 Å². The summed E-state index contributed by atoms with van der Waals surface area (Å²) >= 11 is 0. The topological polar surface area (TPSA) is 61.7 Å². The molecule has 3 N–H and O–H groups in total. The molecule has 2 atom stereocenters. The van der Waals surface area contributed by atoms with Gasteiger partial charge in [0.2, 0.25) is 0 Å². The molecule has 4 nitrogen and oxygen atoms in total. The normalized spacial score (nSPS) is 24.8. The molecule has 4 heteroatoms. The Labute approximate surface area is 137 Å². The third-order valence-corrected chi connectivity index (χ3v) is 5.12. The second-order valence-electron chi connectivity index (χ2n) is 6.60. The van der Waals surface area contributed by atoms with Crippen LogP contribution in [0.25, 0.3) is 0 Å². The molecule has 1 aromatic rings. The van der Waals surface area contributed by atoms with E-state index in [1.807, 2.05) is 6.07 Å². The molecule has 1 aromatic carbocycles. The average Bonchev–Trinajstić information content (AvgIpc) is 2.59. The third-order valence-electron chi connectivity index (χ3n) is 5.12. The summed E-state index contributed by atoms with van der Waals surface area (Å²) in [5.41, 5.74) is 1.79. The maximum atomic E-state index is 10.3. The van der Waals surface area contributed by atoms with E-state index in [0.717, 1.165) is 11.1 Å².